The Kier molecular flexibility index (Phi) is 6.17. The van der Waals surface area contributed by atoms with Gasteiger partial charge in [0.2, 0.25) is 0 Å². The molecule has 8 heteroatoms. The molecule has 1 saturated heterocycles. The number of hydrogen-bond donors (Lipinski definition) is 1. The number of amides is 2. The van der Waals surface area contributed by atoms with Crippen LogP contribution in [0, 0.1) is 0 Å². The first kappa shape index (κ1) is 17.3. The zero-order valence-corrected chi connectivity index (χ0v) is 15.4. The van der Waals surface area contributed by atoms with E-state index in [1.54, 1.807) is 22.7 Å². The van der Waals surface area contributed by atoms with Gasteiger partial charge >= 0.3 is 6.03 Å². The number of hydrogen-bond acceptors (Lipinski definition) is 6. The molecule has 1 fully saturated rings. The van der Waals surface area contributed by atoms with Crippen LogP contribution in [0.15, 0.2) is 16.8 Å². The second-order valence-corrected chi connectivity index (χ2v) is 7.68. The van der Waals surface area contributed by atoms with Gasteiger partial charge in [0.1, 0.15) is 10.0 Å². The van der Waals surface area contributed by atoms with Crippen LogP contribution < -0.4 is 5.32 Å². The molecule has 0 unspecified atom stereocenters. The third kappa shape index (κ3) is 4.75. The average Bonchev–Trinajstić information content (AvgIpc) is 3.34. The van der Waals surface area contributed by atoms with Crippen molar-refractivity contribution in [3.63, 3.8) is 0 Å². The van der Waals surface area contributed by atoms with Crippen LogP contribution in [0.3, 0.4) is 0 Å². The zero-order valence-electron chi connectivity index (χ0n) is 13.7. The summed E-state index contributed by atoms with van der Waals surface area (Å²) in [4.78, 5) is 14.5. The van der Waals surface area contributed by atoms with Gasteiger partial charge < -0.3 is 15.0 Å². The lowest BCUT2D eigenvalue weighted by Crippen LogP contribution is -2.43. The minimum atomic E-state index is -0.0788. The molecule has 24 heavy (non-hydrogen) atoms. The number of ether oxygens (including phenoxy) is 1. The minimum Gasteiger partial charge on any atom is -0.376 e. The quantitative estimate of drug-likeness (QED) is 0.818. The number of nitrogens with one attached hydrogen (secondary N) is 1. The molecular formula is C16H22N4O2S2. The molecule has 0 saturated carbocycles. The normalized spacial score (nSPS) is 17.1. The Bertz CT molecular complexity index is 638. The molecule has 1 aliphatic heterocycles. The van der Waals surface area contributed by atoms with Gasteiger partial charge in [0.05, 0.1) is 12.6 Å². The molecule has 0 aromatic carbocycles. The lowest BCUT2D eigenvalue weighted by molar-refractivity contribution is 0.0794. The molecule has 2 amide bonds. The van der Waals surface area contributed by atoms with Crippen LogP contribution >= 0.6 is 22.7 Å². The summed E-state index contributed by atoms with van der Waals surface area (Å²) < 4.78 is 5.69. The summed E-state index contributed by atoms with van der Waals surface area (Å²) in [6.45, 7) is 4.49. The number of urea groups is 1. The highest BCUT2D eigenvalue weighted by Crippen LogP contribution is 2.17. The second kappa shape index (κ2) is 8.55. The van der Waals surface area contributed by atoms with E-state index in [-0.39, 0.29) is 12.1 Å². The smallest absolute Gasteiger partial charge is 0.318 e. The van der Waals surface area contributed by atoms with Crippen molar-refractivity contribution in [2.75, 3.05) is 13.2 Å². The van der Waals surface area contributed by atoms with Crippen LogP contribution in [0.5, 0.6) is 0 Å². The molecule has 1 N–H and O–H groups in total. The Labute approximate surface area is 149 Å². The van der Waals surface area contributed by atoms with Crippen LogP contribution in [0.4, 0.5) is 4.79 Å². The molecule has 6 nitrogen and oxygen atoms in total. The van der Waals surface area contributed by atoms with Gasteiger partial charge in [-0.25, -0.2) is 4.79 Å². The molecule has 0 bridgehead atoms. The third-order valence-corrected chi connectivity index (χ3v) is 5.69. The van der Waals surface area contributed by atoms with Crippen LogP contribution in [0.1, 0.15) is 35.3 Å². The van der Waals surface area contributed by atoms with Crippen LogP contribution in [0.25, 0.3) is 0 Å². The fraction of sp³-hybridized carbons (Fsp3) is 0.562. The van der Waals surface area contributed by atoms with E-state index in [0.29, 0.717) is 19.6 Å². The summed E-state index contributed by atoms with van der Waals surface area (Å²) in [7, 11) is 0. The van der Waals surface area contributed by atoms with Gasteiger partial charge in [-0.05, 0) is 41.7 Å². The fourth-order valence-electron chi connectivity index (χ4n) is 2.62. The van der Waals surface area contributed by atoms with E-state index in [9.17, 15) is 4.79 Å². The standard InChI is InChI=1S/C16H22N4O2S2/c1-2-14-18-19-15(24-14)8-17-16(21)20(9-12-5-7-23-11-12)10-13-4-3-6-22-13/h5,7,11,13H,2-4,6,8-10H2,1H3,(H,17,21)/t13-/m1/s1. The number of aromatic nitrogens is 2. The molecule has 2 aromatic heterocycles. The van der Waals surface area contributed by atoms with Crippen molar-refractivity contribution in [1.82, 2.24) is 20.4 Å². The van der Waals surface area contributed by atoms with Gasteiger partial charge in [0.25, 0.3) is 0 Å². The number of carbonyl (C=O) groups is 1. The molecule has 1 atom stereocenters. The summed E-state index contributed by atoms with van der Waals surface area (Å²) in [5.41, 5.74) is 1.15. The van der Waals surface area contributed by atoms with Crippen LogP contribution in [-0.4, -0.2) is 40.4 Å². The van der Waals surface area contributed by atoms with Gasteiger partial charge in [-0.1, -0.05) is 18.3 Å². The maximum atomic E-state index is 12.6. The first-order valence-corrected chi connectivity index (χ1v) is 9.97. The highest BCUT2D eigenvalue weighted by atomic mass is 32.1. The molecule has 3 heterocycles. The SMILES string of the molecule is CCc1nnc(CNC(=O)N(Cc2ccsc2)C[C@H]2CCCO2)s1. The van der Waals surface area contributed by atoms with E-state index in [1.165, 1.54) is 0 Å². The molecule has 1 aliphatic rings. The zero-order chi connectivity index (χ0) is 16.8. The third-order valence-electron chi connectivity index (χ3n) is 3.89. The summed E-state index contributed by atoms with van der Waals surface area (Å²) in [6, 6.07) is 1.98. The molecular weight excluding hydrogens is 344 g/mol. The number of thiophene rings is 1. The van der Waals surface area contributed by atoms with E-state index in [0.717, 1.165) is 41.4 Å². The maximum Gasteiger partial charge on any atom is 0.318 e. The van der Waals surface area contributed by atoms with Gasteiger partial charge in [0.15, 0.2) is 0 Å². The van der Waals surface area contributed by atoms with Crippen molar-refractivity contribution in [2.45, 2.75) is 45.4 Å². The number of carbonyl (C=O) groups excluding carboxylic acids is 1. The molecule has 2 aromatic rings. The lowest BCUT2D eigenvalue weighted by Gasteiger charge is -2.25. The van der Waals surface area contributed by atoms with E-state index in [1.807, 2.05) is 17.2 Å². The van der Waals surface area contributed by atoms with Gasteiger partial charge in [0, 0.05) is 19.7 Å². The molecule has 0 spiro atoms. The topological polar surface area (TPSA) is 67.4 Å². The van der Waals surface area contributed by atoms with Crippen LogP contribution in [-0.2, 0) is 24.2 Å². The Morgan fingerprint density at radius 2 is 2.33 bits per heavy atom. The highest BCUT2D eigenvalue weighted by molar-refractivity contribution is 7.11. The number of aryl methyl sites for hydroxylation is 1. The maximum absolute atomic E-state index is 12.6. The predicted octanol–water partition coefficient (Wildman–Crippen LogP) is 3.05. The van der Waals surface area contributed by atoms with Crippen molar-refractivity contribution in [3.05, 3.63) is 32.4 Å². The largest absolute Gasteiger partial charge is 0.376 e. The van der Waals surface area contributed by atoms with Crippen molar-refractivity contribution >= 4 is 28.7 Å². The van der Waals surface area contributed by atoms with Gasteiger partial charge in [-0.2, -0.15) is 11.3 Å². The van der Waals surface area contributed by atoms with Crippen LogP contribution in [0.2, 0.25) is 0 Å². The lowest BCUT2D eigenvalue weighted by atomic mass is 10.2. The number of nitrogens with zero attached hydrogens (tertiary/aromatic N) is 3. The van der Waals surface area contributed by atoms with Crippen molar-refractivity contribution in [1.29, 1.82) is 0 Å². The Morgan fingerprint density at radius 1 is 1.46 bits per heavy atom. The summed E-state index contributed by atoms with van der Waals surface area (Å²) >= 11 is 3.19. The first-order valence-electron chi connectivity index (χ1n) is 8.21. The molecule has 130 valence electrons. The van der Waals surface area contributed by atoms with E-state index < -0.39 is 0 Å². The summed E-state index contributed by atoms with van der Waals surface area (Å²) in [6.07, 6.45) is 3.10. The van der Waals surface area contributed by atoms with E-state index in [4.69, 9.17) is 4.74 Å². The Hall–Kier alpha value is -1.51. The monoisotopic (exact) mass is 366 g/mol. The molecule has 0 radical (unpaired) electrons. The van der Waals surface area contributed by atoms with E-state index >= 15 is 0 Å². The Morgan fingerprint density at radius 3 is 3.00 bits per heavy atom. The second-order valence-electron chi connectivity index (χ2n) is 5.75. The Balaban J connectivity index is 1.58. The van der Waals surface area contributed by atoms with Crippen molar-refractivity contribution in [2.24, 2.45) is 0 Å². The van der Waals surface area contributed by atoms with E-state index in [2.05, 4.69) is 27.0 Å². The van der Waals surface area contributed by atoms with Gasteiger partial charge in [-0.15, -0.1) is 10.2 Å². The molecule has 3 rings (SSSR count). The highest BCUT2D eigenvalue weighted by Gasteiger charge is 2.23. The van der Waals surface area contributed by atoms with Gasteiger partial charge in [-0.3, -0.25) is 0 Å². The fourth-order valence-corrected chi connectivity index (χ4v) is 4.01. The summed E-state index contributed by atoms with van der Waals surface area (Å²) in [5, 5.41) is 17.1. The average molecular weight is 367 g/mol. The first-order chi connectivity index (χ1) is 11.7. The predicted molar refractivity (Wildman–Crippen MR) is 95.2 cm³/mol. The minimum absolute atomic E-state index is 0.0788. The van der Waals surface area contributed by atoms with Crippen molar-refractivity contribution in [3.8, 4) is 0 Å². The summed E-state index contributed by atoms with van der Waals surface area (Å²) in [5.74, 6) is 0. The number of rotatable bonds is 7. The van der Waals surface area contributed by atoms with Crippen molar-refractivity contribution < 1.29 is 9.53 Å². The molecule has 0 aliphatic carbocycles.